The van der Waals surface area contributed by atoms with Crippen LogP contribution in [0.4, 0.5) is 0 Å². The second-order valence-corrected chi connectivity index (χ2v) is 4.06. The van der Waals surface area contributed by atoms with Crippen LogP contribution in [0, 0.1) is 0 Å². The lowest BCUT2D eigenvalue weighted by molar-refractivity contribution is 0.0781. The number of hydrogen-bond donors (Lipinski definition) is 1. The van der Waals surface area contributed by atoms with E-state index in [0.29, 0.717) is 36.0 Å². The molecule has 16 heavy (non-hydrogen) atoms. The van der Waals surface area contributed by atoms with Crippen LogP contribution in [-0.4, -0.2) is 35.5 Å². The number of carbonyl (C=O) groups excluding carboxylic acids is 1. The number of nitrogens with two attached hydrogens (primary N) is 1. The fourth-order valence-corrected chi connectivity index (χ4v) is 1.80. The Bertz CT molecular complexity index is 434. The first-order valence-electron chi connectivity index (χ1n) is 4.98. The first-order valence-corrected chi connectivity index (χ1v) is 5.38. The Labute approximate surface area is 99.0 Å². The molecular weight excluding hydrogens is 224 g/mol. The number of benzene rings is 1. The SMILES string of the molecule is NC(=S)CN1CCOc2ccccc2C1=O. The van der Waals surface area contributed by atoms with E-state index in [9.17, 15) is 4.79 Å². The van der Waals surface area contributed by atoms with Crippen LogP contribution in [0.25, 0.3) is 0 Å². The molecule has 0 saturated heterocycles. The van der Waals surface area contributed by atoms with E-state index < -0.39 is 0 Å². The summed E-state index contributed by atoms with van der Waals surface area (Å²) in [6.07, 6.45) is 0. The Hall–Kier alpha value is -1.62. The van der Waals surface area contributed by atoms with E-state index in [-0.39, 0.29) is 5.91 Å². The predicted molar refractivity (Wildman–Crippen MR) is 64.6 cm³/mol. The zero-order valence-electron chi connectivity index (χ0n) is 8.68. The van der Waals surface area contributed by atoms with Crippen LogP contribution in [-0.2, 0) is 0 Å². The second-order valence-electron chi connectivity index (χ2n) is 3.54. The van der Waals surface area contributed by atoms with E-state index in [0.717, 1.165) is 0 Å². The third kappa shape index (κ3) is 2.14. The molecule has 1 aliphatic rings. The Morgan fingerprint density at radius 3 is 3.00 bits per heavy atom. The lowest BCUT2D eigenvalue weighted by Crippen LogP contribution is -2.38. The number of carbonyl (C=O) groups is 1. The maximum absolute atomic E-state index is 12.1. The van der Waals surface area contributed by atoms with Crippen molar-refractivity contribution in [3.8, 4) is 5.75 Å². The van der Waals surface area contributed by atoms with Gasteiger partial charge in [-0.25, -0.2) is 0 Å². The van der Waals surface area contributed by atoms with Crippen LogP contribution >= 0.6 is 12.2 Å². The molecule has 0 spiro atoms. The van der Waals surface area contributed by atoms with E-state index >= 15 is 0 Å². The van der Waals surface area contributed by atoms with E-state index in [1.54, 1.807) is 17.0 Å². The Balaban J connectivity index is 2.30. The molecule has 1 aliphatic heterocycles. The quantitative estimate of drug-likeness (QED) is 0.772. The van der Waals surface area contributed by atoms with Crippen molar-refractivity contribution in [2.45, 2.75) is 0 Å². The number of rotatable bonds is 2. The zero-order chi connectivity index (χ0) is 11.5. The highest BCUT2D eigenvalue weighted by molar-refractivity contribution is 7.80. The van der Waals surface area contributed by atoms with Gasteiger partial charge in [0.15, 0.2) is 0 Å². The van der Waals surface area contributed by atoms with E-state index in [1.165, 1.54) is 0 Å². The first-order chi connectivity index (χ1) is 7.68. The van der Waals surface area contributed by atoms with Crippen molar-refractivity contribution >= 4 is 23.1 Å². The predicted octanol–water partition coefficient (Wildman–Crippen LogP) is 0.807. The second kappa shape index (κ2) is 4.49. The zero-order valence-corrected chi connectivity index (χ0v) is 9.50. The fraction of sp³-hybridized carbons (Fsp3) is 0.273. The third-order valence-electron chi connectivity index (χ3n) is 2.37. The van der Waals surface area contributed by atoms with Gasteiger partial charge in [0.25, 0.3) is 5.91 Å². The summed E-state index contributed by atoms with van der Waals surface area (Å²) in [5.74, 6) is 0.541. The summed E-state index contributed by atoms with van der Waals surface area (Å²) in [6.45, 7) is 1.27. The minimum Gasteiger partial charge on any atom is -0.491 e. The normalized spacial score (nSPS) is 15.0. The minimum absolute atomic E-state index is 0.0825. The summed E-state index contributed by atoms with van der Waals surface area (Å²) in [5.41, 5.74) is 6.02. The average molecular weight is 236 g/mol. The molecule has 4 nitrogen and oxygen atoms in total. The van der Waals surface area contributed by atoms with Gasteiger partial charge in [-0.15, -0.1) is 0 Å². The Morgan fingerprint density at radius 1 is 1.50 bits per heavy atom. The Kier molecular flexibility index (Phi) is 3.05. The van der Waals surface area contributed by atoms with Crippen molar-refractivity contribution < 1.29 is 9.53 Å². The topological polar surface area (TPSA) is 55.6 Å². The molecule has 0 unspecified atom stereocenters. The largest absolute Gasteiger partial charge is 0.491 e. The molecular formula is C11H12N2O2S. The molecule has 1 heterocycles. The van der Waals surface area contributed by atoms with E-state index in [2.05, 4.69) is 0 Å². The van der Waals surface area contributed by atoms with Gasteiger partial charge in [-0.2, -0.15) is 0 Å². The summed E-state index contributed by atoms with van der Waals surface area (Å²) >= 11 is 4.82. The molecule has 0 aromatic heterocycles. The number of hydrogen-bond acceptors (Lipinski definition) is 3. The molecule has 5 heteroatoms. The van der Waals surface area contributed by atoms with Gasteiger partial charge in [-0.05, 0) is 12.1 Å². The number of para-hydroxylation sites is 1. The van der Waals surface area contributed by atoms with Gasteiger partial charge in [0.2, 0.25) is 0 Å². The summed E-state index contributed by atoms with van der Waals surface area (Å²) in [5, 5.41) is 0. The molecule has 0 bridgehead atoms. The molecule has 0 fully saturated rings. The minimum atomic E-state index is -0.0825. The lowest BCUT2D eigenvalue weighted by atomic mass is 10.2. The standard InChI is InChI=1S/C11H12N2O2S/c12-10(16)7-13-5-6-15-9-4-2-1-3-8(9)11(13)14/h1-4H,5-7H2,(H2,12,16). The van der Waals surface area contributed by atoms with Crippen molar-refractivity contribution in [3.05, 3.63) is 29.8 Å². The summed E-state index contributed by atoms with van der Waals surface area (Å²) < 4.78 is 5.48. The molecule has 84 valence electrons. The van der Waals surface area contributed by atoms with E-state index in [1.807, 2.05) is 12.1 Å². The summed E-state index contributed by atoms with van der Waals surface area (Å²) in [4.78, 5) is 14.0. The van der Waals surface area contributed by atoms with Crippen molar-refractivity contribution in [1.29, 1.82) is 0 Å². The summed E-state index contributed by atoms with van der Waals surface area (Å²) in [6, 6.07) is 7.19. The first kappa shape index (κ1) is 10.9. The maximum atomic E-state index is 12.1. The molecule has 1 amide bonds. The molecule has 2 rings (SSSR count). The van der Waals surface area contributed by atoms with Gasteiger partial charge in [-0.3, -0.25) is 4.79 Å². The van der Waals surface area contributed by atoms with Gasteiger partial charge in [0.1, 0.15) is 12.4 Å². The molecule has 0 atom stereocenters. The third-order valence-corrected chi connectivity index (χ3v) is 2.50. The number of ether oxygens (including phenoxy) is 1. The van der Waals surface area contributed by atoms with Crippen LogP contribution in [0.3, 0.4) is 0 Å². The van der Waals surface area contributed by atoms with Crippen LogP contribution in [0.15, 0.2) is 24.3 Å². The molecule has 2 N–H and O–H groups in total. The van der Waals surface area contributed by atoms with Crippen molar-refractivity contribution in [1.82, 2.24) is 4.90 Å². The molecule has 0 saturated carbocycles. The highest BCUT2D eigenvalue weighted by atomic mass is 32.1. The number of amides is 1. The van der Waals surface area contributed by atoms with Crippen LogP contribution in [0.1, 0.15) is 10.4 Å². The fourth-order valence-electron chi connectivity index (χ4n) is 1.65. The lowest BCUT2D eigenvalue weighted by Gasteiger charge is -2.18. The average Bonchev–Trinajstić information content (AvgIpc) is 2.40. The van der Waals surface area contributed by atoms with Crippen molar-refractivity contribution in [3.63, 3.8) is 0 Å². The number of nitrogens with zero attached hydrogens (tertiary/aromatic N) is 1. The molecule has 0 aliphatic carbocycles. The smallest absolute Gasteiger partial charge is 0.258 e. The molecule has 1 aromatic rings. The van der Waals surface area contributed by atoms with Crippen LogP contribution in [0.2, 0.25) is 0 Å². The van der Waals surface area contributed by atoms with E-state index in [4.69, 9.17) is 22.7 Å². The molecule has 1 aromatic carbocycles. The van der Waals surface area contributed by atoms with Gasteiger partial charge in [0.05, 0.1) is 23.6 Å². The molecule has 0 radical (unpaired) electrons. The van der Waals surface area contributed by atoms with Crippen molar-refractivity contribution in [2.24, 2.45) is 5.73 Å². The van der Waals surface area contributed by atoms with Gasteiger partial charge >= 0.3 is 0 Å². The van der Waals surface area contributed by atoms with Crippen LogP contribution < -0.4 is 10.5 Å². The Morgan fingerprint density at radius 2 is 2.25 bits per heavy atom. The van der Waals surface area contributed by atoms with Crippen LogP contribution in [0.5, 0.6) is 5.75 Å². The monoisotopic (exact) mass is 236 g/mol. The van der Waals surface area contributed by atoms with Gasteiger partial charge in [-0.1, -0.05) is 24.4 Å². The van der Waals surface area contributed by atoms with Gasteiger partial charge < -0.3 is 15.4 Å². The van der Waals surface area contributed by atoms with Gasteiger partial charge in [0, 0.05) is 0 Å². The van der Waals surface area contributed by atoms with Crippen molar-refractivity contribution in [2.75, 3.05) is 19.7 Å². The highest BCUT2D eigenvalue weighted by Crippen LogP contribution is 2.22. The summed E-state index contributed by atoms with van der Waals surface area (Å²) in [7, 11) is 0. The maximum Gasteiger partial charge on any atom is 0.258 e. The highest BCUT2D eigenvalue weighted by Gasteiger charge is 2.23. The number of fused-ring (bicyclic) bond motifs is 1. The number of thiocarbonyl (C=S) groups is 1.